The molecule has 0 saturated carbocycles. The number of benzene rings is 1. The summed E-state index contributed by atoms with van der Waals surface area (Å²) in [6.07, 6.45) is -4.30. The van der Waals surface area contributed by atoms with Gasteiger partial charge < -0.3 is 15.5 Å². The zero-order chi connectivity index (χ0) is 17.3. The largest absolute Gasteiger partial charge is 0.416 e. The molecule has 1 aromatic carbocycles. The first-order valence-electron chi connectivity index (χ1n) is 7.73. The number of likely N-dealkylation sites (N-methyl/N-ethyl adjacent to an activating group) is 1. The molecule has 24 heavy (non-hydrogen) atoms. The van der Waals surface area contributed by atoms with Gasteiger partial charge in [0.05, 0.1) is 5.56 Å². The van der Waals surface area contributed by atoms with Crippen molar-refractivity contribution in [3.8, 4) is 0 Å². The Morgan fingerprint density at radius 1 is 1.08 bits per heavy atom. The van der Waals surface area contributed by atoms with Crippen LogP contribution >= 0.6 is 24.0 Å². The van der Waals surface area contributed by atoms with Crippen molar-refractivity contribution in [1.29, 1.82) is 0 Å². The number of hydrogen-bond acceptors (Lipinski definition) is 2. The van der Waals surface area contributed by atoms with Gasteiger partial charge in [0.15, 0.2) is 5.96 Å². The highest BCUT2D eigenvalue weighted by Gasteiger charge is 2.29. The minimum Gasteiger partial charge on any atom is -0.355 e. The molecule has 0 radical (unpaired) electrons. The lowest BCUT2D eigenvalue weighted by Gasteiger charge is -2.19. The standard InChI is InChI=1S/C16H25F3N4.HI/c1-4-23(5-2)11-10-21-15(20-3)22-12-13-6-8-14(9-7-13)16(17,18)19;/h6-9H,4-5,10-12H2,1-3H3,(H2,20,21,22);1H. The lowest BCUT2D eigenvalue weighted by atomic mass is 10.1. The zero-order valence-corrected chi connectivity index (χ0v) is 16.6. The highest BCUT2D eigenvalue weighted by Crippen LogP contribution is 2.28. The summed E-state index contributed by atoms with van der Waals surface area (Å²) in [6, 6.07) is 5.12. The molecule has 1 rings (SSSR count). The molecule has 1 aromatic rings. The van der Waals surface area contributed by atoms with Gasteiger partial charge in [-0.1, -0.05) is 26.0 Å². The van der Waals surface area contributed by atoms with Gasteiger partial charge in [0.1, 0.15) is 0 Å². The van der Waals surface area contributed by atoms with Gasteiger partial charge in [-0.25, -0.2) is 0 Å². The molecule has 0 bridgehead atoms. The smallest absolute Gasteiger partial charge is 0.355 e. The third-order valence-electron chi connectivity index (χ3n) is 3.58. The summed E-state index contributed by atoms with van der Waals surface area (Å²) in [7, 11) is 1.67. The fourth-order valence-corrected chi connectivity index (χ4v) is 2.09. The van der Waals surface area contributed by atoms with Gasteiger partial charge in [-0.15, -0.1) is 24.0 Å². The van der Waals surface area contributed by atoms with Crippen molar-refractivity contribution >= 4 is 29.9 Å². The topological polar surface area (TPSA) is 39.7 Å². The predicted octanol–water partition coefficient (Wildman–Crippen LogP) is 3.33. The third kappa shape index (κ3) is 8.18. The molecular weight excluding hydrogens is 432 g/mol. The Morgan fingerprint density at radius 2 is 1.67 bits per heavy atom. The molecule has 0 aliphatic heterocycles. The molecule has 0 atom stereocenters. The molecule has 0 heterocycles. The maximum atomic E-state index is 12.5. The summed E-state index contributed by atoms with van der Waals surface area (Å²) >= 11 is 0. The van der Waals surface area contributed by atoms with Gasteiger partial charge in [-0.3, -0.25) is 4.99 Å². The van der Waals surface area contributed by atoms with Crippen LogP contribution in [-0.4, -0.2) is 44.1 Å². The number of guanidine groups is 1. The van der Waals surface area contributed by atoms with Crippen LogP contribution in [0.4, 0.5) is 13.2 Å². The summed E-state index contributed by atoms with van der Waals surface area (Å²) in [4.78, 5) is 6.39. The molecule has 138 valence electrons. The van der Waals surface area contributed by atoms with Crippen LogP contribution in [0.5, 0.6) is 0 Å². The minimum absolute atomic E-state index is 0. The van der Waals surface area contributed by atoms with E-state index in [2.05, 4.69) is 34.4 Å². The zero-order valence-electron chi connectivity index (χ0n) is 14.3. The van der Waals surface area contributed by atoms with E-state index in [9.17, 15) is 13.2 Å². The van der Waals surface area contributed by atoms with Gasteiger partial charge in [0, 0.05) is 26.7 Å². The molecule has 4 nitrogen and oxygen atoms in total. The van der Waals surface area contributed by atoms with E-state index in [0.717, 1.165) is 43.9 Å². The predicted molar refractivity (Wildman–Crippen MR) is 103 cm³/mol. The first-order valence-corrected chi connectivity index (χ1v) is 7.73. The summed E-state index contributed by atoms with van der Waals surface area (Å²) in [6.45, 7) is 8.30. The molecule has 0 spiro atoms. The first-order chi connectivity index (χ1) is 10.9. The van der Waals surface area contributed by atoms with Gasteiger partial charge in [0.25, 0.3) is 0 Å². The van der Waals surface area contributed by atoms with E-state index >= 15 is 0 Å². The van der Waals surface area contributed by atoms with Crippen molar-refractivity contribution in [2.45, 2.75) is 26.6 Å². The molecule has 0 amide bonds. The molecule has 0 aromatic heterocycles. The van der Waals surface area contributed by atoms with Crippen LogP contribution in [0.25, 0.3) is 0 Å². The van der Waals surface area contributed by atoms with E-state index in [1.165, 1.54) is 12.1 Å². The number of halogens is 4. The summed E-state index contributed by atoms with van der Waals surface area (Å²) in [5.41, 5.74) is 0.132. The second-order valence-electron chi connectivity index (χ2n) is 5.07. The van der Waals surface area contributed by atoms with Gasteiger partial charge in [-0.05, 0) is 30.8 Å². The summed E-state index contributed by atoms with van der Waals surface area (Å²) in [5, 5.41) is 6.28. The fraction of sp³-hybridized carbons (Fsp3) is 0.562. The van der Waals surface area contributed by atoms with Crippen LogP contribution in [0, 0.1) is 0 Å². The molecule has 0 aliphatic rings. The Balaban J connectivity index is 0.00000529. The minimum atomic E-state index is -4.30. The van der Waals surface area contributed by atoms with E-state index in [-0.39, 0.29) is 24.0 Å². The maximum Gasteiger partial charge on any atom is 0.416 e. The number of alkyl halides is 3. The van der Waals surface area contributed by atoms with Crippen LogP contribution in [-0.2, 0) is 12.7 Å². The quantitative estimate of drug-likeness (QED) is 0.374. The Bertz CT molecular complexity index is 485. The Hall–Kier alpha value is -1.03. The van der Waals surface area contributed by atoms with E-state index in [1.54, 1.807) is 7.05 Å². The average molecular weight is 458 g/mol. The van der Waals surface area contributed by atoms with Crippen molar-refractivity contribution in [2.75, 3.05) is 33.2 Å². The molecule has 0 aliphatic carbocycles. The first kappa shape index (κ1) is 23.0. The van der Waals surface area contributed by atoms with Crippen molar-refractivity contribution < 1.29 is 13.2 Å². The highest BCUT2D eigenvalue weighted by molar-refractivity contribution is 14.0. The van der Waals surface area contributed by atoms with E-state index in [0.29, 0.717) is 12.5 Å². The van der Waals surface area contributed by atoms with Crippen LogP contribution < -0.4 is 10.6 Å². The second-order valence-corrected chi connectivity index (χ2v) is 5.07. The molecule has 8 heteroatoms. The molecule has 0 unspecified atom stereocenters. The number of hydrogen-bond donors (Lipinski definition) is 2. The SMILES string of the molecule is CCN(CC)CCNC(=NC)NCc1ccc(C(F)(F)F)cc1.I. The lowest BCUT2D eigenvalue weighted by molar-refractivity contribution is -0.137. The van der Waals surface area contributed by atoms with Crippen molar-refractivity contribution in [3.63, 3.8) is 0 Å². The Morgan fingerprint density at radius 3 is 2.12 bits per heavy atom. The van der Waals surface area contributed by atoms with Crippen LogP contribution in [0.1, 0.15) is 25.0 Å². The number of nitrogens with zero attached hydrogens (tertiary/aromatic N) is 2. The lowest BCUT2D eigenvalue weighted by Crippen LogP contribution is -2.41. The van der Waals surface area contributed by atoms with Crippen molar-refractivity contribution in [3.05, 3.63) is 35.4 Å². The summed E-state index contributed by atoms with van der Waals surface area (Å²) < 4.78 is 37.5. The van der Waals surface area contributed by atoms with Gasteiger partial charge in [-0.2, -0.15) is 13.2 Å². The summed E-state index contributed by atoms with van der Waals surface area (Å²) in [5.74, 6) is 0.636. The van der Waals surface area contributed by atoms with Crippen molar-refractivity contribution in [1.82, 2.24) is 15.5 Å². The maximum absolute atomic E-state index is 12.5. The molecular formula is C16H26F3IN4. The van der Waals surface area contributed by atoms with Crippen LogP contribution in [0.3, 0.4) is 0 Å². The van der Waals surface area contributed by atoms with E-state index in [1.807, 2.05) is 0 Å². The van der Waals surface area contributed by atoms with Crippen LogP contribution in [0.2, 0.25) is 0 Å². The monoisotopic (exact) mass is 458 g/mol. The Kier molecular flexibility index (Phi) is 11.0. The van der Waals surface area contributed by atoms with E-state index < -0.39 is 11.7 Å². The highest BCUT2D eigenvalue weighted by atomic mass is 127. The van der Waals surface area contributed by atoms with Gasteiger partial charge >= 0.3 is 6.18 Å². The number of nitrogens with one attached hydrogen (secondary N) is 2. The molecule has 0 saturated heterocycles. The number of rotatable bonds is 7. The fourth-order valence-electron chi connectivity index (χ4n) is 2.09. The Labute approximate surface area is 158 Å². The molecule has 0 fully saturated rings. The normalized spacial score (nSPS) is 12.0. The third-order valence-corrected chi connectivity index (χ3v) is 3.58. The molecule has 2 N–H and O–H groups in total. The second kappa shape index (κ2) is 11.5. The number of aliphatic imine (C=N–C) groups is 1. The van der Waals surface area contributed by atoms with E-state index in [4.69, 9.17) is 0 Å². The van der Waals surface area contributed by atoms with Crippen molar-refractivity contribution in [2.24, 2.45) is 4.99 Å². The average Bonchev–Trinajstić information content (AvgIpc) is 2.54. The van der Waals surface area contributed by atoms with Gasteiger partial charge in [0.2, 0.25) is 0 Å². The van der Waals surface area contributed by atoms with Crippen LogP contribution in [0.15, 0.2) is 29.3 Å².